The quantitative estimate of drug-likeness (QED) is 0.897. The van der Waals surface area contributed by atoms with Gasteiger partial charge in [-0.25, -0.2) is 8.42 Å². The number of sulfonamides is 1. The van der Waals surface area contributed by atoms with Crippen LogP contribution in [0.2, 0.25) is 0 Å². The van der Waals surface area contributed by atoms with Gasteiger partial charge in [-0.2, -0.15) is 4.31 Å². The molecule has 94 valence electrons. The standard InChI is InChI=1S/C11H15BrN2O2S/c1-8-6-14(7-10(8)13)17(15,16)11-5-3-2-4-9(11)12/h2-5,8,10H,6-7,13H2,1H3. The molecule has 6 heteroatoms. The van der Waals surface area contributed by atoms with Crippen molar-refractivity contribution >= 4 is 26.0 Å². The number of nitrogens with zero attached hydrogens (tertiary/aromatic N) is 1. The summed E-state index contributed by atoms with van der Waals surface area (Å²) in [6.45, 7) is 2.86. The Morgan fingerprint density at radius 1 is 1.35 bits per heavy atom. The van der Waals surface area contributed by atoms with E-state index in [4.69, 9.17) is 5.73 Å². The Morgan fingerprint density at radius 2 is 2.00 bits per heavy atom. The van der Waals surface area contributed by atoms with Gasteiger partial charge >= 0.3 is 0 Å². The van der Waals surface area contributed by atoms with E-state index in [1.807, 2.05) is 6.92 Å². The largest absolute Gasteiger partial charge is 0.326 e. The summed E-state index contributed by atoms with van der Waals surface area (Å²) in [6.07, 6.45) is 0. The Bertz CT molecular complexity index is 508. The molecule has 1 aliphatic rings. The zero-order chi connectivity index (χ0) is 12.6. The van der Waals surface area contributed by atoms with Gasteiger partial charge < -0.3 is 5.73 Å². The van der Waals surface area contributed by atoms with Crippen molar-refractivity contribution in [1.82, 2.24) is 4.31 Å². The Morgan fingerprint density at radius 3 is 2.53 bits per heavy atom. The molecular formula is C11H15BrN2O2S. The zero-order valence-electron chi connectivity index (χ0n) is 9.51. The molecule has 1 aromatic carbocycles. The molecule has 0 amide bonds. The lowest BCUT2D eigenvalue weighted by Gasteiger charge is -2.16. The molecule has 2 atom stereocenters. The average molecular weight is 319 g/mol. The second-order valence-corrected chi connectivity index (χ2v) is 7.15. The summed E-state index contributed by atoms with van der Waals surface area (Å²) in [5.74, 6) is 0.201. The van der Waals surface area contributed by atoms with Gasteiger partial charge in [0.05, 0.1) is 4.90 Å². The maximum Gasteiger partial charge on any atom is 0.244 e. The van der Waals surface area contributed by atoms with E-state index < -0.39 is 10.0 Å². The van der Waals surface area contributed by atoms with Crippen LogP contribution in [0.4, 0.5) is 0 Å². The highest BCUT2D eigenvalue weighted by Gasteiger charge is 2.35. The SMILES string of the molecule is CC1CN(S(=O)(=O)c2ccccc2Br)CC1N. The maximum atomic E-state index is 12.4. The molecule has 2 unspecified atom stereocenters. The molecular weight excluding hydrogens is 304 g/mol. The van der Waals surface area contributed by atoms with E-state index in [9.17, 15) is 8.42 Å². The van der Waals surface area contributed by atoms with Crippen LogP contribution in [0.5, 0.6) is 0 Å². The molecule has 1 saturated heterocycles. The molecule has 2 rings (SSSR count). The summed E-state index contributed by atoms with van der Waals surface area (Å²) in [5, 5.41) is 0. The third-order valence-electron chi connectivity index (χ3n) is 3.09. The van der Waals surface area contributed by atoms with Gasteiger partial charge in [0.2, 0.25) is 10.0 Å². The van der Waals surface area contributed by atoms with Crippen LogP contribution < -0.4 is 5.73 Å². The fourth-order valence-electron chi connectivity index (χ4n) is 1.94. The number of halogens is 1. The van der Waals surface area contributed by atoms with Gasteiger partial charge in [-0.1, -0.05) is 19.1 Å². The maximum absolute atomic E-state index is 12.4. The second kappa shape index (κ2) is 4.68. The van der Waals surface area contributed by atoms with Crippen LogP contribution >= 0.6 is 15.9 Å². The number of benzene rings is 1. The summed E-state index contributed by atoms with van der Waals surface area (Å²) >= 11 is 3.27. The minimum Gasteiger partial charge on any atom is -0.326 e. The van der Waals surface area contributed by atoms with E-state index in [-0.39, 0.29) is 12.0 Å². The second-order valence-electron chi connectivity index (χ2n) is 4.39. The van der Waals surface area contributed by atoms with Crippen LogP contribution in [-0.4, -0.2) is 31.9 Å². The average Bonchev–Trinajstić information content (AvgIpc) is 2.60. The van der Waals surface area contributed by atoms with Crippen LogP contribution in [0.3, 0.4) is 0 Å². The van der Waals surface area contributed by atoms with Crippen molar-refractivity contribution in [1.29, 1.82) is 0 Å². The first-order chi connectivity index (χ1) is 7.93. The van der Waals surface area contributed by atoms with Gasteiger partial charge in [-0.15, -0.1) is 0 Å². The third kappa shape index (κ3) is 2.40. The fraction of sp³-hybridized carbons (Fsp3) is 0.455. The van der Waals surface area contributed by atoms with Crippen molar-refractivity contribution in [2.24, 2.45) is 11.7 Å². The first-order valence-electron chi connectivity index (χ1n) is 5.43. The summed E-state index contributed by atoms with van der Waals surface area (Å²) < 4.78 is 26.8. The van der Waals surface area contributed by atoms with Gasteiger partial charge in [0, 0.05) is 23.6 Å². The zero-order valence-corrected chi connectivity index (χ0v) is 11.9. The monoisotopic (exact) mass is 318 g/mol. The summed E-state index contributed by atoms with van der Waals surface area (Å²) in [6, 6.07) is 6.77. The van der Waals surface area contributed by atoms with Crippen molar-refractivity contribution in [3.8, 4) is 0 Å². The molecule has 0 spiro atoms. The number of nitrogens with two attached hydrogens (primary N) is 1. The Kier molecular flexibility index (Phi) is 3.58. The van der Waals surface area contributed by atoms with E-state index in [0.29, 0.717) is 22.5 Å². The topological polar surface area (TPSA) is 63.4 Å². The highest BCUT2D eigenvalue weighted by atomic mass is 79.9. The Hall–Kier alpha value is -0.430. The molecule has 1 heterocycles. The van der Waals surface area contributed by atoms with E-state index in [0.717, 1.165) is 0 Å². The Labute approximate surface area is 110 Å². The molecule has 1 aliphatic heterocycles. The molecule has 0 radical (unpaired) electrons. The molecule has 0 bridgehead atoms. The highest BCUT2D eigenvalue weighted by molar-refractivity contribution is 9.10. The van der Waals surface area contributed by atoms with Gasteiger partial charge in [0.1, 0.15) is 0 Å². The molecule has 4 nitrogen and oxygen atoms in total. The van der Waals surface area contributed by atoms with Crippen LogP contribution in [0.15, 0.2) is 33.6 Å². The summed E-state index contributed by atoms with van der Waals surface area (Å²) in [7, 11) is -3.43. The first kappa shape index (κ1) is 13.0. The molecule has 1 aromatic rings. The number of rotatable bonds is 2. The molecule has 17 heavy (non-hydrogen) atoms. The molecule has 0 saturated carbocycles. The van der Waals surface area contributed by atoms with E-state index in [2.05, 4.69) is 15.9 Å². The van der Waals surface area contributed by atoms with Crippen LogP contribution in [-0.2, 0) is 10.0 Å². The lowest BCUT2D eigenvalue weighted by molar-refractivity contribution is 0.464. The number of hydrogen-bond acceptors (Lipinski definition) is 3. The smallest absolute Gasteiger partial charge is 0.244 e. The van der Waals surface area contributed by atoms with E-state index >= 15 is 0 Å². The van der Waals surface area contributed by atoms with Gasteiger partial charge in [0.15, 0.2) is 0 Å². The lowest BCUT2D eigenvalue weighted by atomic mass is 10.1. The van der Waals surface area contributed by atoms with E-state index in [1.54, 1.807) is 24.3 Å². The fourth-order valence-corrected chi connectivity index (χ4v) is 4.48. The highest BCUT2D eigenvalue weighted by Crippen LogP contribution is 2.28. The summed E-state index contributed by atoms with van der Waals surface area (Å²) in [4.78, 5) is 0.307. The normalized spacial score (nSPS) is 26.3. The Balaban J connectivity index is 2.36. The van der Waals surface area contributed by atoms with E-state index in [1.165, 1.54) is 4.31 Å². The minimum absolute atomic E-state index is 0.0766. The van der Waals surface area contributed by atoms with Crippen molar-refractivity contribution < 1.29 is 8.42 Å². The molecule has 0 aliphatic carbocycles. The van der Waals surface area contributed by atoms with Crippen LogP contribution in [0, 0.1) is 5.92 Å². The third-order valence-corrected chi connectivity index (χ3v) is 5.94. The first-order valence-corrected chi connectivity index (χ1v) is 7.66. The predicted octanol–water partition coefficient (Wildman–Crippen LogP) is 1.42. The molecule has 1 fully saturated rings. The molecule has 2 N–H and O–H groups in total. The lowest BCUT2D eigenvalue weighted by Crippen LogP contribution is -2.32. The van der Waals surface area contributed by atoms with Crippen molar-refractivity contribution in [2.75, 3.05) is 13.1 Å². The predicted molar refractivity (Wildman–Crippen MR) is 70.0 cm³/mol. The minimum atomic E-state index is -3.43. The van der Waals surface area contributed by atoms with Crippen LogP contribution in [0.25, 0.3) is 0 Å². The van der Waals surface area contributed by atoms with Gasteiger partial charge in [-0.05, 0) is 34.0 Å². The summed E-state index contributed by atoms with van der Waals surface area (Å²) in [5.41, 5.74) is 5.86. The molecule has 0 aromatic heterocycles. The van der Waals surface area contributed by atoms with Gasteiger partial charge in [0.25, 0.3) is 0 Å². The van der Waals surface area contributed by atoms with Crippen molar-refractivity contribution in [2.45, 2.75) is 17.9 Å². The number of hydrogen-bond donors (Lipinski definition) is 1. The van der Waals surface area contributed by atoms with Crippen LogP contribution in [0.1, 0.15) is 6.92 Å². The van der Waals surface area contributed by atoms with Crippen molar-refractivity contribution in [3.63, 3.8) is 0 Å². The van der Waals surface area contributed by atoms with Crippen molar-refractivity contribution in [3.05, 3.63) is 28.7 Å². The van der Waals surface area contributed by atoms with Gasteiger partial charge in [-0.3, -0.25) is 0 Å².